The Labute approximate surface area is 181 Å². The van der Waals surface area contributed by atoms with Gasteiger partial charge in [-0.15, -0.1) is 0 Å². The smallest absolute Gasteiger partial charge is 0.323 e. The largest absolute Gasteiger partial charge is 0.457 e. The van der Waals surface area contributed by atoms with Gasteiger partial charge in [-0.3, -0.25) is 14.5 Å². The number of nitrogens with two attached hydrogens (primary N) is 1. The minimum absolute atomic E-state index is 0.0861. The summed E-state index contributed by atoms with van der Waals surface area (Å²) in [7, 11) is 1.85. The number of fused-ring (bicyclic) bond motifs is 1. The zero-order chi connectivity index (χ0) is 22.0. The lowest BCUT2D eigenvalue weighted by molar-refractivity contribution is 0.0995. The Kier molecular flexibility index (Phi) is 5.42. The van der Waals surface area contributed by atoms with E-state index in [1.54, 1.807) is 41.2 Å². The number of rotatable bonds is 5. The number of pyridine rings is 1. The molecule has 0 unspecified atom stereocenters. The van der Waals surface area contributed by atoms with E-state index >= 15 is 0 Å². The van der Waals surface area contributed by atoms with E-state index in [0.29, 0.717) is 22.9 Å². The lowest BCUT2D eigenvalue weighted by atomic mass is 10.2. The van der Waals surface area contributed by atoms with E-state index in [-0.39, 0.29) is 10.7 Å². The molecule has 0 fully saturated rings. The second-order valence-corrected chi connectivity index (χ2v) is 7.01. The number of benzene rings is 2. The van der Waals surface area contributed by atoms with Gasteiger partial charge in [0.15, 0.2) is 0 Å². The van der Waals surface area contributed by atoms with Crippen LogP contribution in [0, 0.1) is 0 Å². The predicted octanol–water partition coefficient (Wildman–Crippen LogP) is 4.16. The molecule has 4 aromatic rings. The Balaban J connectivity index is 1.43. The molecule has 0 bridgehead atoms. The van der Waals surface area contributed by atoms with Crippen molar-refractivity contribution in [3.63, 3.8) is 0 Å². The highest BCUT2D eigenvalue weighted by atomic mass is 35.5. The molecule has 3 amide bonds. The first-order valence-corrected chi connectivity index (χ1v) is 9.50. The first kappa shape index (κ1) is 20.2. The summed E-state index contributed by atoms with van der Waals surface area (Å²) < 4.78 is 7.43. The fourth-order valence-electron chi connectivity index (χ4n) is 2.93. The topological polar surface area (TPSA) is 124 Å². The normalized spacial score (nSPS) is 10.6. The van der Waals surface area contributed by atoms with E-state index in [1.165, 1.54) is 12.3 Å². The molecule has 0 aliphatic carbocycles. The Hall–Kier alpha value is -4.11. The van der Waals surface area contributed by atoms with Gasteiger partial charge in [0.1, 0.15) is 17.2 Å². The number of aromatic nitrogens is 3. The number of amides is 3. The molecule has 0 saturated heterocycles. The van der Waals surface area contributed by atoms with Crippen molar-refractivity contribution in [2.24, 2.45) is 12.8 Å². The molecule has 31 heavy (non-hydrogen) atoms. The molecule has 2 aromatic heterocycles. The quantitative estimate of drug-likeness (QED) is 0.433. The molecule has 0 spiro atoms. The molecule has 4 rings (SSSR count). The van der Waals surface area contributed by atoms with Crippen LogP contribution in [0.4, 0.5) is 16.2 Å². The van der Waals surface area contributed by atoms with Gasteiger partial charge in [-0.05, 0) is 36.4 Å². The molecule has 156 valence electrons. The number of primary amides is 1. The number of nitrogens with zero attached hydrogens (tertiary/aromatic N) is 3. The van der Waals surface area contributed by atoms with Crippen LogP contribution in [0.5, 0.6) is 11.5 Å². The summed E-state index contributed by atoms with van der Waals surface area (Å²) in [5.41, 5.74) is 7.29. The average molecular weight is 437 g/mol. The molecule has 2 aromatic carbocycles. The van der Waals surface area contributed by atoms with Crippen molar-refractivity contribution in [1.29, 1.82) is 0 Å². The summed E-state index contributed by atoms with van der Waals surface area (Å²) in [4.78, 5) is 27.5. The van der Waals surface area contributed by atoms with Gasteiger partial charge in [-0.1, -0.05) is 11.6 Å². The van der Waals surface area contributed by atoms with Crippen LogP contribution in [-0.2, 0) is 7.05 Å². The van der Waals surface area contributed by atoms with Crippen molar-refractivity contribution in [2.45, 2.75) is 0 Å². The SMILES string of the molecule is Cn1ncc2cc(NC(=O)Nc3ccc(Oc4ccnc(C(N)=O)c4)cc3Cl)ccc21. The van der Waals surface area contributed by atoms with E-state index in [2.05, 4.69) is 20.7 Å². The number of carbonyl (C=O) groups is 2. The number of hydrogen-bond acceptors (Lipinski definition) is 5. The molecule has 2 heterocycles. The lowest BCUT2D eigenvalue weighted by Crippen LogP contribution is -2.19. The molecule has 0 aliphatic heterocycles. The third kappa shape index (κ3) is 4.57. The van der Waals surface area contributed by atoms with Gasteiger partial charge in [-0.2, -0.15) is 5.10 Å². The van der Waals surface area contributed by atoms with Crippen molar-refractivity contribution >= 4 is 45.8 Å². The van der Waals surface area contributed by atoms with Crippen LogP contribution in [0.2, 0.25) is 5.02 Å². The highest BCUT2D eigenvalue weighted by Gasteiger charge is 2.10. The van der Waals surface area contributed by atoms with Crippen LogP contribution in [0.15, 0.2) is 60.9 Å². The van der Waals surface area contributed by atoms with Crippen molar-refractivity contribution in [3.8, 4) is 11.5 Å². The van der Waals surface area contributed by atoms with E-state index < -0.39 is 11.9 Å². The van der Waals surface area contributed by atoms with Crippen LogP contribution >= 0.6 is 11.6 Å². The number of urea groups is 1. The maximum atomic E-state index is 12.4. The third-order valence-electron chi connectivity index (χ3n) is 4.41. The predicted molar refractivity (Wildman–Crippen MR) is 118 cm³/mol. The van der Waals surface area contributed by atoms with Gasteiger partial charge in [0.25, 0.3) is 5.91 Å². The van der Waals surface area contributed by atoms with Crippen molar-refractivity contribution in [2.75, 3.05) is 10.6 Å². The molecule has 0 radical (unpaired) electrons. The Bertz CT molecular complexity index is 1300. The minimum Gasteiger partial charge on any atom is -0.457 e. The monoisotopic (exact) mass is 436 g/mol. The lowest BCUT2D eigenvalue weighted by Gasteiger charge is -2.11. The second kappa shape index (κ2) is 8.33. The van der Waals surface area contributed by atoms with Crippen molar-refractivity contribution in [1.82, 2.24) is 14.8 Å². The molecular weight excluding hydrogens is 420 g/mol. The summed E-state index contributed by atoms with van der Waals surface area (Å²) in [5.74, 6) is 0.139. The van der Waals surface area contributed by atoms with Crippen LogP contribution in [-0.4, -0.2) is 26.7 Å². The zero-order valence-corrected chi connectivity index (χ0v) is 17.1. The Morgan fingerprint density at radius 1 is 1.06 bits per heavy atom. The molecule has 9 nitrogen and oxygen atoms in total. The summed E-state index contributed by atoms with van der Waals surface area (Å²) >= 11 is 6.29. The van der Waals surface area contributed by atoms with Gasteiger partial charge in [0, 0.05) is 36.5 Å². The van der Waals surface area contributed by atoms with Crippen molar-refractivity contribution < 1.29 is 14.3 Å². The second-order valence-electron chi connectivity index (χ2n) is 6.61. The first-order chi connectivity index (χ1) is 14.9. The van der Waals surface area contributed by atoms with Gasteiger partial charge in [-0.25, -0.2) is 4.79 Å². The molecule has 10 heteroatoms. The highest BCUT2D eigenvalue weighted by molar-refractivity contribution is 6.34. The molecule has 0 atom stereocenters. The number of aryl methyl sites for hydroxylation is 1. The van der Waals surface area contributed by atoms with E-state index in [4.69, 9.17) is 22.1 Å². The Morgan fingerprint density at radius 3 is 2.65 bits per heavy atom. The summed E-state index contributed by atoms with van der Waals surface area (Å²) in [6, 6.07) is 12.8. The fraction of sp³-hybridized carbons (Fsp3) is 0.0476. The molecule has 0 aliphatic rings. The summed E-state index contributed by atoms with van der Waals surface area (Å²) in [5, 5.41) is 10.8. The molecular formula is C21H17ClN6O3. The average Bonchev–Trinajstić information content (AvgIpc) is 3.10. The summed E-state index contributed by atoms with van der Waals surface area (Å²) in [6.45, 7) is 0. The number of anilines is 2. The number of hydrogen-bond donors (Lipinski definition) is 3. The van der Waals surface area contributed by atoms with Crippen LogP contribution in [0.3, 0.4) is 0 Å². The van der Waals surface area contributed by atoms with Gasteiger partial charge in [0.2, 0.25) is 0 Å². The zero-order valence-electron chi connectivity index (χ0n) is 16.3. The van der Waals surface area contributed by atoms with E-state index in [0.717, 1.165) is 10.9 Å². The molecule has 4 N–H and O–H groups in total. The van der Waals surface area contributed by atoms with E-state index in [1.807, 2.05) is 19.2 Å². The third-order valence-corrected chi connectivity index (χ3v) is 4.73. The maximum absolute atomic E-state index is 12.4. The number of halogens is 1. The van der Waals surface area contributed by atoms with Crippen LogP contribution in [0.1, 0.15) is 10.5 Å². The van der Waals surface area contributed by atoms with Crippen LogP contribution < -0.4 is 21.1 Å². The van der Waals surface area contributed by atoms with Gasteiger partial charge < -0.3 is 21.1 Å². The fourth-order valence-corrected chi connectivity index (χ4v) is 3.15. The first-order valence-electron chi connectivity index (χ1n) is 9.12. The number of carbonyl (C=O) groups excluding carboxylic acids is 2. The standard InChI is InChI=1S/C21H17ClN6O3/c1-28-19-5-2-13(8-12(19)11-25-28)26-21(30)27-17-4-3-14(9-16(17)22)31-15-6-7-24-18(10-15)20(23)29/h2-11H,1H3,(H2,23,29)(H2,26,27,30). The van der Waals surface area contributed by atoms with Crippen LogP contribution in [0.25, 0.3) is 10.9 Å². The minimum atomic E-state index is -0.656. The van der Waals surface area contributed by atoms with Gasteiger partial charge in [0.05, 0.1) is 22.4 Å². The van der Waals surface area contributed by atoms with Gasteiger partial charge >= 0.3 is 6.03 Å². The Morgan fingerprint density at radius 2 is 1.87 bits per heavy atom. The maximum Gasteiger partial charge on any atom is 0.323 e. The molecule has 0 saturated carbocycles. The van der Waals surface area contributed by atoms with Crippen molar-refractivity contribution in [3.05, 3.63) is 71.6 Å². The number of nitrogens with one attached hydrogen (secondary N) is 2. The number of ether oxygens (including phenoxy) is 1. The van der Waals surface area contributed by atoms with E-state index in [9.17, 15) is 9.59 Å². The summed E-state index contributed by atoms with van der Waals surface area (Å²) in [6.07, 6.45) is 3.14. The highest BCUT2D eigenvalue weighted by Crippen LogP contribution is 2.30.